The molecule has 3 aromatic rings. The van der Waals surface area contributed by atoms with Gasteiger partial charge in [0.05, 0.1) is 0 Å². The maximum Gasteiger partial charge on any atom is 0.0481 e. The number of para-hydroxylation sites is 1. The Morgan fingerprint density at radius 3 is 2.11 bits per heavy atom. The first kappa shape index (κ1) is 18.1. The summed E-state index contributed by atoms with van der Waals surface area (Å²) in [6.07, 6.45) is 6.79. The first-order valence-electron chi connectivity index (χ1n) is 9.68. The fourth-order valence-electron chi connectivity index (χ4n) is 3.72. The molecule has 140 valence electrons. The van der Waals surface area contributed by atoms with Crippen LogP contribution in [-0.2, 0) is 0 Å². The van der Waals surface area contributed by atoms with E-state index in [0.717, 1.165) is 0 Å². The van der Waals surface area contributed by atoms with Gasteiger partial charge in [0.2, 0.25) is 0 Å². The Kier molecular flexibility index (Phi) is 5.03. The van der Waals surface area contributed by atoms with Gasteiger partial charge >= 0.3 is 0 Å². The molecule has 0 spiro atoms. The van der Waals surface area contributed by atoms with E-state index in [1.807, 2.05) is 0 Å². The van der Waals surface area contributed by atoms with Gasteiger partial charge in [-0.3, -0.25) is 0 Å². The molecule has 0 unspecified atom stereocenters. The lowest BCUT2D eigenvalue weighted by Gasteiger charge is -2.28. The predicted molar refractivity (Wildman–Crippen MR) is 121 cm³/mol. The molecule has 2 nitrogen and oxygen atoms in total. The third-order valence-electron chi connectivity index (χ3n) is 5.38. The minimum Gasteiger partial charge on any atom is -0.378 e. The first-order chi connectivity index (χ1) is 13.6. The van der Waals surface area contributed by atoms with Crippen LogP contribution in [0.1, 0.15) is 22.6 Å². The van der Waals surface area contributed by atoms with Crippen LogP contribution in [-0.4, -0.2) is 21.1 Å². The molecular formula is C26H26N2. The van der Waals surface area contributed by atoms with Crippen molar-refractivity contribution in [2.75, 3.05) is 30.9 Å². The van der Waals surface area contributed by atoms with Crippen LogP contribution in [0.4, 0.5) is 11.4 Å². The SMILES string of the molecule is CN(C)c1ccc([C@@H](C=C2C=Cc3ccccc3N2C)c2ccccc2)cc1. The van der Waals surface area contributed by atoms with E-state index in [1.54, 1.807) is 0 Å². The summed E-state index contributed by atoms with van der Waals surface area (Å²) in [6, 6.07) is 28.1. The van der Waals surface area contributed by atoms with E-state index in [9.17, 15) is 0 Å². The van der Waals surface area contributed by atoms with Gasteiger partial charge in [-0.05, 0) is 47.0 Å². The number of allylic oxidation sites excluding steroid dienone is 2. The van der Waals surface area contributed by atoms with E-state index in [4.69, 9.17) is 0 Å². The number of hydrogen-bond acceptors (Lipinski definition) is 2. The van der Waals surface area contributed by atoms with Crippen LogP contribution in [0.2, 0.25) is 0 Å². The smallest absolute Gasteiger partial charge is 0.0481 e. The molecule has 0 amide bonds. The number of fused-ring (bicyclic) bond motifs is 1. The van der Waals surface area contributed by atoms with Crippen molar-refractivity contribution in [2.45, 2.75) is 5.92 Å². The second-order valence-electron chi connectivity index (χ2n) is 7.42. The van der Waals surface area contributed by atoms with Crippen molar-refractivity contribution < 1.29 is 0 Å². The van der Waals surface area contributed by atoms with Crippen LogP contribution in [0.3, 0.4) is 0 Å². The number of benzene rings is 3. The summed E-state index contributed by atoms with van der Waals surface area (Å²) in [7, 11) is 6.29. The maximum atomic E-state index is 2.37. The van der Waals surface area contributed by atoms with Gasteiger partial charge in [-0.2, -0.15) is 0 Å². The number of nitrogens with zero attached hydrogens (tertiary/aromatic N) is 2. The molecule has 0 bridgehead atoms. The molecular weight excluding hydrogens is 340 g/mol. The average molecular weight is 367 g/mol. The highest BCUT2D eigenvalue weighted by molar-refractivity contribution is 5.76. The zero-order valence-corrected chi connectivity index (χ0v) is 16.7. The van der Waals surface area contributed by atoms with Gasteiger partial charge in [0, 0.05) is 44.1 Å². The number of hydrogen-bond donors (Lipinski definition) is 0. The Bertz CT molecular complexity index is 998. The fraction of sp³-hybridized carbons (Fsp3) is 0.154. The molecule has 28 heavy (non-hydrogen) atoms. The molecule has 1 aliphatic rings. The molecule has 1 atom stereocenters. The van der Waals surface area contributed by atoms with Crippen molar-refractivity contribution in [1.82, 2.24) is 0 Å². The fourth-order valence-corrected chi connectivity index (χ4v) is 3.72. The maximum absolute atomic E-state index is 2.37. The molecule has 0 aromatic heterocycles. The second kappa shape index (κ2) is 7.77. The van der Waals surface area contributed by atoms with E-state index < -0.39 is 0 Å². The molecule has 1 heterocycles. The summed E-state index contributed by atoms with van der Waals surface area (Å²) < 4.78 is 0. The van der Waals surface area contributed by atoms with E-state index in [2.05, 4.69) is 128 Å². The van der Waals surface area contributed by atoms with Crippen molar-refractivity contribution in [2.24, 2.45) is 0 Å². The lowest BCUT2D eigenvalue weighted by molar-refractivity contribution is 0.988. The monoisotopic (exact) mass is 366 g/mol. The highest BCUT2D eigenvalue weighted by Gasteiger charge is 2.17. The Morgan fingerprint density at radius 2 is 1.39 bits per heavy atom. The number of anilines is 2. The highest BCUT2D eigenvalue weighted by atomic mass is 15.1. The summed E-state index contributed by atoms with van der Waals surface area (Å²) in [5, 5.41) is 0. The normalized spacial score (nSPS) is 15.4. The van der Waals surface area contributed by atoms with Crippen LogP contribution in [0.25, 0.3) is 6.08 Å². The molecule has 0 radical (unpaired) electrons. The molecule has 3 aromatic carbocycles. The molecule has 0 N–H and O–H groups in total. The number of rotatable bonds is 4. The van der Waals surface area contributed by atoms with Crippen molar-refractivity contribution in [3.63, 3.8) is 0 Å². The molecule has 0 saturated heterocycles. The lowest BCUT2D eigenvalue weighted by atomic mass is 9.89. The minimum absolute atomic E-state index is 0.199. The van der Waals surface area contributed by atoms with Gasteiger partial charge < -0.3 is 9.80 Å². The van der Waals surface area contributed by atoms with Gasteiger partial charge in [-0.25, -0.2) is 0 Å². The van der Waals surface area contributed by atoms with E-state index in [-0.39, 0.29) is 5.92 Å². The number of likely N-dealkylation sites (N-methyl/N-ethyl adjacent to an activating group) is 1. The molecule has 4 rings (SSSR count). The van der Waals surface area contributed by atoms with Crippen LogP contribution in [0.5, 0.6) is 0 Å². The van der Waals surface area contributed by atoms with Crippen molar-refractivity contribution in [3.8, 4) is 0 Å². The van der Waals surface area contributed by atoms with Crippen molar-refractivity contribution in [3.05, 3.63) is 113 Å². The van der Waals surface area contributed by atoms with E-state index in [1.165, 1.54) is 33.8 Å². The van der Waals surface area contributed by atoms with E-state index >= 15 is 0 Å². The van der Waals surface area contributed by atoms with Gasteiger partial charge in [-0.1, -0.05) is 66.7 Å². The summed E-state index contributed by atoms with van der Waals surface area (Å²) in [5.74, 6) is 0.199. The Morgan fingerprint density at radius 1 is 0.750 bits per heavy atom. The van der Waals surface area contributed by atoms with Gasteiger partial charge in [0.1, 0.15) is 0 Å². The second-order valence-corrected chi connectivity index (χ2v) is 7.42. The first-order valence-corrected chi connectivity index (χ1v) is 9.68. The van der Waals surface area contributed by atoms with Crippen LogP contribution in [0.15, 0.2) is 96.7 Å². The van der Waals surface area contributed by atoms with Gasteiger partial charge in [-0.15, -0.1) is 0 Å². The van der Waals surface area contributed by atoms with Gasteiger partial charge in [0.15, 0.2) is 0 Å². The van der Waals surface area contributed by atoms with E-state index in [0.29, 0.717) is 0 Å². The van der Waals surface area contributed by atoms with Crippen molar-refractivity contribution >= 4 is 17.5 Å². The average Bonchev–Trinajstić information content (AvgIpc) is 2.74. The highest BCUT2D eigenvalue weighted by Crippen LogP contribution is 2.34. The zero-order chi connectivity index (χ0) is 19.5. The Balaban J connectivity index is 1.76. The third kappa shape index (κ3) is 3.59. The predicted octanol–water partition coefficient (Wildman–Crippen LogP) is 5.93. The summed E-state index contributed by atoms with van der Waals surface area (Å²) in [5.41, 5.74) is 7.52. The Labute approximate surface area is 168 Å². The minimum atomic E-state index is 0.199. The van der Waals surface area contributed by atoms with Crippen molar-refractivity contribution in [1.29, 1.82) is 0 Å². The standard InChI is InChI=1S/C26H26N2/c1-27(2)23-16-13-21(14-17-23)25(20-9-5-4-6-10-20)19-24-18-15-22-11-7-8-12-26(22)28(24)3/h4-19,25H,1-3H3/t25-/m0/s1. The lowest BCUT2D eigenvalue weighted by Crippen LogP contribution is -2.19. The molecule has 0 fully saturated rings. The topological polar surface area (TPSA) is 6.48 Å². The largest absolute Gasteiger partial charge is 0.378 e. The van der Waals surface area contributed by atoms with Crippen LogP contribution < -0.4 is 9.80 Å². The quantitative estimate of drug-likeness (QED) is 0.564. The summed E-state index contributed by atoms with van der Waals surface area (Å²) in [6.45, 7) is 0. The molecule has 0 saturated carbocycles. The Hall–Kier alpha value is -3.26. The molecule has 1 aliphatic heterocycles. The molecule has 0 aliphatic carbocycles. The third-order valence-corrected chi connectivity index (χ3v) is 5.38. The zero-order valence-electron chi connectivity index (χ0n) is 16.7. The molecule has 2 heteroatoms. The summed E-state index contributed by atoms with van der Waals surface area (Å²) >= 11 is 0. The van der Waals surface area contributed by atoms with Crippen LogP contribution in [0, 0.1) is 0 Å². The summed E-state index contributed by atoms with van der Waals surface area (Å²) in [4.78, 5) is 4.41. The van der Waals surface area contributed by atoms with Gasteiger partial charge in [0.25, 0.3) is 0 Å². The van der Waals surface area contributed by atoms with Crippen LogP contribution >= 0.6 is 0 Å².